The van der Waals surface area contributed by atoms with Gasteiger partial charge in [-0.25, -0.2) is 0 Å². The minimum atomic E-state index is 0.0854. The normalized spacial score (nSPS) is 20.2. The van der Waals surface area contributed by atoms with E-state index in [2.05, 4.69) is 34.2 Å². The summed E-state index contributed by atoms with van der Waals surface area (Å²) < 4.78 is 1.72. The van der Waals surface area contributed by atoms with Crippen molar-refractivity contribution in [2.45, 2.75) is 39.5 Å². The number of piperazine rings is 1. The van der Waals surface area contributed by atoms with Crippen LogP contribution in [0.1, 0.15) is 39.5 Å². The number of nitrogens with zero attached hydrogens (tertiary/aromatic N) is 5. The fraction of sp³-hybridized carbons (Fsp3) is 0.737. The Labute approximate surface area is 156 Å². The Morgan fingerprint density at radius 1 is 1.35 bits per heavy atom. The molecule has 0 unspecified atom stereocenters. The Kier molecular flexibility index (Phi) is 5.53. The molecule has 2 aliphatic rings. The van der Waals surface area contributed by atoms with Crippen molar-refractivity contribution in [3.8, 4) is 0 Å². The van der Waals surface area contributed by atoms with Gasteiger partial charge in [0.25, 0.3) is 0 Å². The summed E-state index contributed by atoms with van der Waals surface area (Å²) in [6, 6.07) is 0. The van der Waals surface area contributed by atoms with Gasteiger partial charge >= 0.3 is 0 Å². The van der Waals surface area contributed by atoms with Crippen LogP contribution in [-0.2, 0) is 11.8 Å². The first kappa shape index (κ1) is 18.7. The van der Waals surface area contributed by atoms with Crippen LogP contribution >= 0.6 is 0 Å². The van der Waals surface area contributed by atoms with E-state index in [1.54, 1.807) is 22.8 Å². The number of carbonyl (C=O) groups excluding carboxylic acids is 1. The zero-order valence-electron chi connectivity index (χ0n) is 16.5. The molecule has 1 N–H and O–H groups in total. The third-order valence-corrected chi connectivity index (χ3v) is 5.90. The molecule has 1 amide bonds. The van der Waals surface area contributed by atoms with Crippen LogP contribution in [0, 0.1) is 11.3 Å². The number of hydrogen-bond acceptors (Lipinski definition) is 3. The van der Waals surface area contributed by atoms with Crippen molar-refractivity contribution in [1.29, 1.82) is 0 Å². The van der Waals surface area contributed by atoms with Gasteiger partial charge in [-0.05, 0) is 24.2 Å². The maximum absolute atomic E-state index is 12.6. The second kappa shape index (κ2) is 7.68. The highest BCUT2D eigenvalue weighted by atomic mass is 16.2. The number of guanidine groups is 1. The molecule has 1 aliphatic carbocycles. The molecule has 1 aromatic heterocycles. The molecule has 0 atom stereocenters. The van der Waals surface area contributed by atoms with Crippen LogP contribution < -0.4 is 10.2 Å². The maximum atomic E-state index is 12.6. The molecule has 1 aromatic rings. The van der Waals surface area contributed by atoms with Gasteiger partial charge in [0, 0.05) is 39.9 Å². The molecule has 3 rings (SSSR count). The van der Waals surface area contributed by atoms with Crippen molar-refractivity contribution in [2.24, 2.45) is 23.4 Å². The van der Waals surface area contributed by atoms with E-state index in [9.17, 15) is 4.79 Å². The summed E-state index contributed by atoms with van der Waals surface area (Å²) in [5.41, 5.74) is 1.11. The van der Waals surface area contributed by atoms with E-state index < -0.39 is 0 Å². The zero-order chi connectivity index (χ0) is 18.7. The molecular weight excluding hydrogens is 328 g/mol. The van der Waals surface area contributed by atoms with Crippen LogP contribution in [0.4, 0.5) is 5.69 Å². The molecule has 1 saturated heterocycles. The smallest absolute Gasteiger partial charge is 0.246 e. The fourth-order valence-corrected chi connectivity index (χ4v) is 4.17. The van der Waals surface area contributed by atoms with E-state index in [-0.39, 0.29) is 11.3 Å². The zero-order valence-corrected chi connectivity index (χ0v) is 16.5. The average molecular weight is 361 g/mol. The van der Waals surface area contributed by atoms with Gasteiger partial charge in [-0.2, -0.15) is 5.10 Å². The summed E-state index contributed by atoms with van der Waals surface area (Å²) in [6.07, 6.45) is 8.99. The van der Waals surface area contributed by atoms with Crippen molar-refractivity contribution in [3.63, 3.8) is 0 Å². The molecule has 1 saturated carbocycles. The lowest BCUT2D eigenvalue weighted by Crippen LogP contribution is -2.56. The molecule has 0 spiro atoms. The van der Waals surface area contributed by atoms with Gasteiger partial charge in [0.15, 0.2) is 5.96 Å². The summed E-state index contributed by atoms with van der Waals surface area (Å²) in [4.78, 5) is 20.9. The third kappa shape index (κ3) is 4.02. The molecule has 7 nitrogen and oxygen atoms in total. The van der Waals surface area contributed by atoms with Gasteiger partial charge < -0.3 is 15.1 Å². The second-order valence-electron chi connectivity index (χ2n) is 8.21. The van der Waals surface area contributed by atoms with Crippen molar-refractivity contribution >= 4 is 17.6 Å². The third-order valence-electron chi connectivity index (χ3n) is 5.90. The molecule has 144 valence electrons. The number of nitrogens with one attached hydrogen (secondary N) is 1. The van der Waals surface area contributed by atoms with Crippen molar-refractivity contribution in [3.05, 3.63) is 12.4 Å². The Morgan fingerprint density at radius 2 is 2.08 bits per heavy atom. The highest BCUT2D eigenvalue weighted by Gasteiger charge is 2.33. The molecule has 2 fully saturated rings. The monoisotopic (exact) mass is 360 g/mol. The number of hydrogen-bond donors (Lipinski definition) is 1. The first-order valence-electron chi connectivity index (χ1n) is 9.65. The Morgan fingerprint density at radius 3 is 2.65 bits per heavy atom. The summed E-state index contributed by atoms with van der Waals surface area (Å²) >= 11 is 0. The lowest BCUT2D eigenvalue weighted by molar-refractivity contribution is -0.120. The number of carbonyl (C=O) groups is 1. The minimum absolute atomic E-state index is 0.0854. The predicted molar refractivity (Wildman–Crippen MR) is 104 cm³/mol. The number of rotatable bonds is 4. The first-order valence-corrected chi connectivity index (χ1v) is 9.65. The first-order chi connectivity index (χ1) is 12.4. The Bertz CT molecular complexity index is 659. The highest BCUT2D eigenvalue weighted by molar-refractivity contribution is 5.98. The maximum Gasteiger partial charge on any atom is 0.246 e. The molecular formula is C19H32N6O. The van der Waals surface area contributed by atoms with Crippen molar-refractivity contribution in [2.75, 3.05) is 38.1 Å². The molecule has 2 heterocycles. The average Bonchev–Trinajstić information content (AvgIpc) is 3.27. The van der Waals surface area contributed by atoms with Crippen LogP contribution in [-0.4, -0.2) is 59.8 Å². The van der Waals surface area contributed by atoms with E-state index in [0.29, 0.717) is 13.1 Å². The molecule has 7 heteroatoms. The fourth-order valence-electron chi connectivity index (χ4n) is 4.17. The SMILES string of the molecule is CN=C(NCC(C)(C)C1CCCC1)N1CCN(c2cnn(C)c2)C(=O)C1. The van der Waals surface area contributed by atoms with Crippen LogP contribution in [0.25, 0.3) is 0 Å². The van der Waals surface area contributed by atoms with Crippen LogP contribution in [0.5, 0.6) is 0 Å². The number of amides is 1. The van der Waals surface area contributed by atoms with Crippen LogP contribution in [0.15, 0.2) is 17.4 Å². The van der Waals surface area contributed by atoms with Gasteiger partial charge in [-0.3, -0.25) is 14.5 Å². The van der Waals surface area contributed by atoms with Gasteiger partial charge in [0.1, 0.15) is 6.54 Å². The summed E-state index contributed by atoms with van der Waals surface area (Å²) in [5, 5.41) is 7.69. The number of aromatic nitrogens is 2. The van der Waals surface area contributed by atoms with Gasteiger partial charge in [-0.15, -0.1) is 0 Å². The van der Waals surface area contributed by atoms with Crippen molar-refractivity contribution in [1.82, 2.24) is 20.0 Å². The number of aliphatic imine (C=N–C) groups is 1. The molecule has 1 aliphatic heterocycles. The topological polar surface area (TPSA) is 65.8 Å². The van der Waals surface area contributed by atoms with E-state index >= 15 is 0 Å². The van der Waals surface area contributed by atoms with Crippen LogP contribution in [0.2, 0.25) is 0 Å². The lowest BCUT2D eigenvalue weighted by atomic mass is 9.78. The lowest BCUT2D eigenvalue weighted by Gasteiger charge is -2.37. The second-order valence-corrected chi connectivity index (χ2v) is 8.21. The molecule has 0 radical (unpaired) electrons. The highest BCUT2D eigenvalue weighted by Crippen LogP contribution is 2.39. The summed E-state index contributed by atoms with van der Waals surface area (Å²) in [6.45, 7) is 7.34. The van der Waals surface area contributed by atoms with Crippen LogP contribution in [0.3, 0.4) is 0 Å². The Balaban J connectivity index is 1.57. The predicted octanol–water partition coefficient (Wildman–Crippen LogP) is 1.86. The minimum Gasteiger partial charge on any atom is -0.356 e. The van der Waals surface area contributed by atoms with Gasteiger partial charge in [-0.1, -0.05) is 26.7 Å². The van der Waals surface area contributed by atoms with E-state index in [1.807, 2.05) is 13.2 Å². The van der Waals surface area contributed by atoms with E-state index in [0.717, 1.165) is 30.7 Å². The number of aryl methyl sites for hydroxylation is 1. The van der Waals surface area contributed by atoms with Gasteiger partial charge in [0.2, 0.25) is 5.91 Å². The molecule has 0 bridgehead atoms. The largest absolute Gasteiger partial charge is 0.356 e. The summed E-state index contributed by atoms with van der Waals surface area (Å²) in [5.74, 6) is 1.69. The standard InChI is InChI=1S/C19H32N6O/c1-19(2,15-7-5-6-8-15)14-21-18(20-3)24-9-10-25(17(26)13-24)16-11-22-23(4)12-16/h11-12,15H,5-10,13-14H2,1-4H3,(H,20,21). The van der Waals surface area contributed by atoms with Crippen molar-refractivity contribution < 1.29 is 4.79 Å². The molecule has 0 aromatic carbocycles. The number of anilines is 1. The Hall–Kier alpha value is -2.05. The van der Waals surface area contributed by atoms with Gasteiger partial charge in [0.05, 0.1) is 11.9 Å². The van der Waals surface area contributed by atoms with E-state index in [4.69, 9.17) is 0 Å². The molecule has 26 heavy (non-hydrogen) atoms. The van der Waals surface area contributed by atoms with E-state index in [1.165, 1.54) is 25.7 Å². The quantitative estimate of drug-likeness (QED) is 0.657. The summed E-state index contributed by atoms with van der Waals surface area (Å²) in [7, 11) is 3.66.